The van der Waals surface area contributed by atoms with Gasteiger partial charge in [0.05, 0.1) is 0 Å². The Morgan fingerprint density at radius 1 is 1.40 bits per heavy atom. The van der Waals surface area contributed by atoms with E-state index in [1.54, 1.807) is 12.1 Å². The molecule has 2 nitrogen and oxygen atoms in total. The predicted octanol–water partition coefficient (Wildman–Crippen LogP) is 2.98. The maximum atomic E-state index is 10.0. The first-order valence-electron chi connectivity index (χ1n) is 2.55. The van der Waals surface area contributed by atoms with Crippen LogP contribution >= 0.6 is 35.2 Å². The molecule has 0 atom stereocenters. The third-order valence-corrected chi connectivity index (χ3v) is 1.85. The molecule has 0 amide bonds. The van der Waals surface area contributed by atoms with Gasteiger partial charge in [0, 0.05) is 8.47 Å². The quantitative estimate of drug-likeness (QED) is 0.472. The van der Waals surface area contributed by atoms with Gasteiger partial charge in [0.1, 0.15) is 5.69 Å². The Kier molecular flexibility index (Phi) is 2.67. The first-order valence-corrected chi connectivity index (χ1v) is 4.08. The summed E-state index contributed by atoms with van der Waals surface area (Å²) in [4.78, 5) is 10.8. The maximum absolute atomic E-state index is 10.0. The van der Waals surface area contributed by atoms with E-state index in [0.29, 0.717) is 5.69 Å². The van der Waals surface area contributed by atoms with Gasteiger partial charge in [-0.25, -0.2) is 0 Å². The molecule has 10 heavy (non-hydrogen) atoms. The van der Waals surface area contributed by atoms with E-state index < -0.39 is 0 Å². The monoisotopic (exact) mass is 265 g/mol. The lowest BCUT2D eigenvalue weighted by Crippen LogP contribution is -1.70. The van der Waals surface area contributed by atoms with Crippen LogP contribution in [0.3, 0.4) is 0 Å². The van der Waals surface area contributed by atoms with Crippen molar-refractivity contribution < 1.29 is 0 Å². The smallest absolute Gasteiger partial charge is 0.110 e. The summed E-state index contributed by atoms with van der Waals surface area (Å²) in [5.41, 5.74) is 0.428. The summed E-state index contributed by atoms with van der Waals surface area (Å²) in [6.07, 6.45) is 0. The van der Waals surface area contributed by atoms with Crippen LogP contribution in [-0.4, -0.2) is 0 Å². The van der Waals surface area contributed by atoms with Crippen LogP contribution in [0.2, 0.25) is 0 Å². The van der Waals surface area contributed by atoms with Crippen LogP contribution in [0.5, 0.6) is 0 Å². The molecule has 4 heteroatoms. The summed E-state index contributed by atoms with van der Waals surface area (Å²) in [7, 11) is 0. The van der Waals surface area contributed by atoms with E-state index in [1.165, 1.54) is 0 Å². The fourth-order valence-electron chi connectivity index (χ4n) is 0.612. The molecule has 0 aromatic heterocycles. The summed E-state index contributed by atoms with van der Waals surface area (Å²) in [5, 5.41) is 2.79. The Morgan fingerprint density at radius 2 is 2.10 bits per heavy atom. The molecule has 1 aromatic rings. The van der Waals surface area contributed by atoms with Crippen molar-refractivity contribution in [3.05, 3.63) is 26.7 Å². The third kappa shape index (κ3) is 1.95. The summed E-state index contributed by atoms with van der Waals surface area (Å²) in [6.45, 7) is 0. The highest BCUT2D eigenvalue weighted by molar-refractivity contribution is 14.1. The van der Waals surface area contributed by atoms with Gasteiger partial charge in [0.15, 0.2) is 0 Å². The summed E-state index contributed by atoms with van der Waals surface area (Å²) < 4.78 is 0.972. The fourth-order valence-corrected chi connectivity index (χ4v) is 1.78. The largest absolute Gasteiger partial charge is 0.145 e. The summed E-state index contributed by atoms with van der Waals surface area (Å²) in [6, 6.07) is 5.18. The van der Waals surface area contributed by atoms with Crippen LogP contribution in [-0.2, 0) is 0 Å². The lowest BCUT2D eigenvalue weighted by molar-refractivity contribution is 1.38. The van der Waals surface area contributed by atoms with E-state index in [2.05, 4.69) is 40.4 Å². The van der Waals surface area contributed by atoms with Crippen molar-refractivity contribution in [2.45, 2.75) is 4.90 Å². The molecule has 0 saturated heterocycles. The lowest BCUT2D eigenvalue weighted by atomic mass is 10.3. The van der Waals surface area contributed by atoms with E-state index in [-0.39, 0.29) is 0 Å². The van der Waals surface area contributed by atoms with Crippen molar-refractivity contribution in [2.75, 3.05) is 0 Å². The average Bonchev–Trinajstić information content (AvgIpc) is 1.85. The highest BCUT2D eigenvalue weighted by Crippen LogP contribution is 2.20. The topological polar surface area (TPSA) is 29.4 Å². The van der Waals surface area contributed by atoms with E-state index in [1.807, 2.05) is 6.07 Å². The summed E-state index contributed by atoms with van der Waals surface area (Å²) in [5.74, 6) is 0. The Hall–Kier alpha value is -0.100. The molecule has 0 unspecified atom stereocenters. The SMILES string of the molecule is O=Nc1cc(S)cc(I)c1. The van der Waals surface area contributed by atoms with Crippen molar-refractivity contribution in [3.63, 3.8) is 0 Å². The molecule has 0 N–H and O–H groups in total. The second-order valence-electron chi connectivity index (χ2n) is 1.76. The van der Waals surface area contributed by atoms with Gasteiger partial charge in [0.25, 0.3) is 0 Å². The van der Waals surface area contributed by atoms with Crippen molar-refractivity contribution in [2.24, 2.45) is 5.18 Å². The molecule has 0 heterocycles. The number of nitrogens with zero attached hydrogens (tertiary/aromatic N) is 1. The lowest BCUT2D eigenvalue weighted by Gasteiger charge is -1.93. The van der Waals surface area contributed by atoms with Crippen LogP contribution in [0.25, 0.3) is 0 Å². The Balaban J connectivity index is 3.18. The minimum Gasteiger partial charge on any atom is -0.145 e. The molecule has 0 bridgehead atoms. The van der Waals surface area contributed by atoms with Gasteiger partial charge in [-0.1, -0.05) is 0 Å². The van der Waals surface area contributed by atoms with Gasteiger partial charge in [0.2, 0.25) is 0 Å². The van der Waals surface area contributed by atoms with E-state index in [9.17, 15) is 4.91 Å². The number of hydrogen-bond acceptors (Lipinski definition) is 3. The molecule has 0 radical (unpaired) electrons. The summed E-state index contributed by atoms with van der Waals surface area (Å²) >= 11 is 6.18. The van der Waals surface area contributed by atoms with Gasteiger partial charge >= 0.3 is 0 Å². The zero-order chi connectivity index (χ0) is 7.56. The maximum Gasteiger partial charge on any atom is 0.110 e. The molecule has 0 spiro atoms. The van der Waals surface area contributed by atoms with Crippen LogP contribution in [0.4, 0.5) is 5.69 Å². The van der Waals surface area contributed by atoms with Gasteiger partial charge < -0.3 is 0 Å². The minimum absolute atomic E-state index is 0.428. The van der Waals surface area contributed by atoms with Crippen LogP contribution in [0.15, 0.2) is 28.3 Å². The Labute approximate surface area is 77.5 Å². The van der Waals surface area contributed by atoms with Crippen molar-refractivity contribution in [1.29, 1.82) is 0 Å². The van der Waals surface area contributed by atoms with E-state index in [4.69, 9.17) is 0 Å². The predicted molar refractivity (Wildman–Crippen MR) is 51.9 cm³/mol. The van der Waals surface area contributed by atoms with Crippen molar-refractivity contribution >= 4 is 40.9 Å². The normalized spacial score (nSPS) is 9.40. The van der Waals surface area contributed by atoms with Gasteiger partial charge in [-0.2, -0.15) is 0 Å². The zero-order valence-corrected chi connectivity index (χ0v) is 7.96. The Morgan fingerprint density at radius 3 is 2.60 bits per heavy atom. The van der Waals surface area contributed by atoms with E-state index in [0.717, 1.165) is 8.47 Å². The molecule has 0 aliphatic rings. The molecule has 0 aliphatic carbocycles. The molecular formula is C6H4INOS. The highest BCUT2D eigenvalue weighted by Gasteiger charge is 1.94. The number of halogens is 1. The number of thiol groups is 1. The molecule has 1 rings (SSSR count). The minimum atomic E-state index is 0.428. The second-order valence-corrected chi connectivity index (χ2v) is 3.52. The number of benzene rings is 1. The van der Waals surface area contributed by atoms with Crippen LogP contribution < -0.4 is 0 Å². The number of nitroso groups, excluding NO2 is 1. The highest BCUT2D eigenvalue weighted by atomic mass is 127. The molecule has 1 aromatic carbocycles. The number of rotatable bonds is 1. The standard InChI is InChI=1S/C6H4INOS/c7-4-1-5(8-9)3-6(10)2-4/h1-3,10H. The van der Waals surface area contributed by atoms with Crippen molar-refractivity contribution in [3.8, 4) is 0 Å². The Bertz CT molecular complexity index is 244. The van der Waals surface area contributed by atoms with Crippen LogP contribution in [0, 0.1) is 8.48 Å². The fraction of sp³-hybridized carbons (Fsp3) is 0. The number of hydrogen-bond donors (Lipinski definition) is 1. The van der Waals surface area contributed by atoms with Gasteiger partial charge in [-0.15, -0.1) is 17.5 Å². The van der Waals surface area contributed by atoms with E-state index >= 15 is 0 Å². The molecule has 52 valence electrons. The second kappa shape index (κ2) is 3.34. The molecular weight excluding hydrogens is 261 g/mol. The molecule has 0 saturated carbocycles. The molecule has 0 fully saturated rings. The zero-order valence-electron chi connectivity index (χ0n) is 4.91. The first-order chi connectivity index (χ1) is 4.72. The first kappa shape index (κ1) is 8.00. The average molecular weight is 265 g/mol. The molecule has 0 aliphatic heterocycles. The van der Waals surface area contributed by atoms with Crippen LogP contribution in [0.1, 0.15) is 0 Å². The third-order valence-electron chi connectivity index (χ3n) is 0.973. The van der Waals surface area contributed by atoms with Crippen molar-refractivity contribution in [1.82, 2.24) is 0 Å². The van der Waals surface area contributed by atoms with Gasteiger partial charge in [-0.3, -0.25) is 0 Å². The van der Waals surface area contributed by atoms with Gasteiger partial charge in [-0.05, 0) is 46.0 Å².